The largest absolute Gasteiger partial charge is 0.375 e. The zero-order valence-corrected chi connectivity index (χ0v) is 11.3. The van der Waals surface area contributed by atoms with Crippen LogP contribution in [-0.2, 0) is 9.53 Å². The Bertz CT molecular complexity index is 246. The summed E-state index contributed by atoms with van der Waals surface area (Å²) < 4.78 is 5.79. The van der Waals surface area contributed by atoms with Gasteiger partial charge in [0.05, 0.1) is 5.60 Å². The van der Waals surface area contributed by atoms with Crippen molar-refractivity contribution in [2.45, 2.75) is 58.1 Å². The van der Waals surface area contributed by atoms with Gasteiger partial charge in [-0.3, -0.25) is 4.79 Å². The minimum atomic E-state index is 0.0155. The summed E-state index contributed by atoms with van der Waals surface area (Å²) in [5, 5.41) is 6.27. The lowest BCUT2D eigenvalue weighted by Crippen LogP contribution is -2.45. The van der Waals surface area contributed by atoms with E-state index in [-0.39, 0.29) is 11.5 Å². The van der Waals surface area contributed by atoms with Gasteiger partial charge >= 0.3 is 0 Å². The van der Waals surface area contributed by atoms with Crippen molar-refractivity contribution in [1.29, 1.82) is 0 Å². The first-order chi connectivity index (χ1) is 8.09. The maximum Gasteiger partial charge on any atom is 0.221 e. The van der Waals surface area contributed by atoms with Crippen molar-refractivity contribution >= 4 is 5.91 Å². The molecule has 1 amide bonds. The highest BCUT2D eigenvalue weighted by atomic mass is 16.5. The topological polar surface area (TPSA) is 50.4 Å². The van der Waals surface area contributed by atoms with E-state index in [1.807, 2.05) is 6.92 Å². The highest BCUT2D eigenvalue weighted by Crippen LogP contribution is 2.27. The summed E-state index contributed by atoms with van der Waals surface area (Å²) in [4.78, 5) is 11.3. The molecule has 0 bridgehead atoms. The van der Waals surface area contributed by atoms with E-state index in [2.05, 4.69) is 24.5 Å². The van der Waals surface area contributed by atoms with E-state index in [1.165, 1.54) is 0 Å². The Morgan fingerprint density at radius 1 is 1.47 bits per heavy atom. The molecule has 0 aromatic carbocycles. The van der Waals surface area contributed by atoms with Crippen LogP contribution in [0.2, 0.25) is 0 Å². The predicted octanol–water partition coefficient (Wildman–Crippen LogP) is 1.45. The molecule has 1 fully saturated rings. The van der Waals surface area contributed by atoms with Crippen LogP contribution >= 0.6 is 0 Å². The van der Waals surface area contributed by atoms with Crippen molar-refractivity contribution in [2.75, 3.05) is 19.7 Å². The molecule has 0 saturated carbocycles. The van der Waals surface area contributed by atoms with Gasteiger partial charge in [-0.25, -0.2) is 0 Å². The molecule has 0 aromatic heterocycles. The first-order valence-electron chi connectivity index (χ1n) is 6.73. The van der Waals surface area contributed by atoms with Crippen LogP contribution in [-0.4, -0.2) is 37.2 Å². The van der Waals surface area contributed by atoms with E-state index < -0.39 is 0 Å². The van der Waals surface area contributed by atoms with Crippen LogP contribution in [0.15, 0.2) is 0 Å². The van der Waals surface area contributed by atoms with Crippen LogP contribution < -0.4 is 10.6 Å². The van der Waals surface area contributed by atoms with E-state index in [0.717, 1.165) is 32.4 Å². The lowest BCUT2D eigenvalue weighted by atomic mass is 9.90. The molecular weight excluding hydrogens is 216 g/mol. The monoisotopic (exact) mass is 242 g/mol. The number of ether oxygens (including phenoxy) is 1. The Labute approximate surface area is 104 Å². The zero-order chi connectivity index (χ0) is 12.7. The van der Waals surface area contributed by atoms with Crippen molar-refractivity contribution in [1.82, 2.24) is 10.6 Å². The minimum Gasteiger partial charge on any atom is -0.375 e. The van der Waals surface area contributed by atoms with Crippen molar-refractivity contribution in [3.63, 3.8) is 0 Å². The summed E-state index contributed by atoms with van der Waals surface area (Å²) in [6.45, 7) is 8.57. The molecule has 0 aromatic rings. The zero-order valence-electron chi connectivity index (χ0n) is 11.3. The van der Waals surface area contributed by atoms with Gasteiger partial charge in [-0.15, -0.1) is 0 Å². The van der Waals surface area contributed by atoms with Crippen molar-refractivity contribution in [3.05, 3.63) is 0 Å². The molecular formula is C13H26N2O2. The Hall–Kier alpha value is -0.610. The number of amides is 1. The van der Waals surface area contributed by atoms with E-state index in [9.17, 15) is 4.79 Å². The van der Waals surface area contributed by atoms with Gasteiger partial charge in [-0.1, -0.05) is 6.92 Å². The van der Waals surface area contributed by atoms with Gasteiger partial charge in [-0.05, 0) is 33.1 Å². The van der Waals surface area contributed by atoms with Gasteiger partial charge in [0.1, 0.15) is 0 Å². The maximum absolute atomic E-state index is 11.3. The van der Waals surface area contributed by atoms with Crippen LogP contribution in [0, 0.1) is 0 Å². The fourth-order valence-corrected chi connectivity index (χ4v) is 2.23. The second-order valence-corrected chi connectivity index (χ2v) is 5.00. The predicted molar refractivity (Wildman–Crippen MR) is 69.0 cm³/mol. The smallest absolute Gasteiger partial charge is 0.221 e. The van der Waals surface area contributed by atoms with E-state index in [1.54, 1.807) is 0 Å². The first kappa shape index (κ1) is 14.5. The molecule has 4 nitrogen and oxygen atoms in total. The first-order valence-corrected chi connectivity index (χ1v) is 6.73. The maximum atomic E-state index is 11.3. The third kappa shape index (κ3) is 5.04. The van der Waals surface area contributed by atoms with E-state index >= 15 is 0 Å². The molecule has 2 unspecified atom stereocenters. The molecule has 17 heavy (non-hydrogen) atoms. The van der Waals surface area contributed by atoms with Gasteiger partial charge < -0.3 is 15.4 Å². The normalized spacial score (nSPS) is 29.0. The van der Waals surface area contributed by atoms with Crippen LogP contribution in [0.1, 0.15) is 46.5 Å². The fourth-order valence-electron chi connectivity index (χ4n) is 2.23. The summed E-state index contributed by atoms with van der Waals surface area (Å²) in [7, 11) is 0. The summed E-state index contributed by atoms with van der Waals surface area (Å²) >= 11 is 0. The van der Waals surface area contributed by atoms with Crippen molar-refractivity contribution in [3.8, 4) is 0 Å². The molecule has 1 aliphatic heterocycles. The molecule has 100 valence electrons. The molecule has 0 spiro atoms. The average molecular weight is 242 g/mol. The molecule has 1 aliphatic rings. The molecule has 0 radical (unpaired) electrons. The van der Waals surface area contributed by atoms with E-state index in [0.29, 0.717) is 19.0 Å². The van der Waals surface area contributed by atoms with Crippen LogP contribution in [0.4, 0.5) is 0 Å². The molecule has 2 atom stereocenters. The quantitative estimate of drug-likeness (QED) is 0.741. The molecule has 1 saturated heterocycles. The Morgan fingerprint density at radius 3 is 2.88 bits per heavy atom. The number of hydrogen-bond acceptors (Lipinski definition) is 3. The highest BCUT2D eigenvalue weighted by Gasteiger charge is 2.31. The van der Waals surface area contributed by atoms with Crippen LogP contribution in [0.3, 0.4) is 0 Å². The fraction of sp³-hybridized carbons (Fsp3) is 0.923. The lowest BCUT2D eigenvalue weighted by Gasteiger charge is -2.38. The third-order valence-electron chi connectivity index (χ3n) is 3.50. The minimum absolute atomic E-state index is 0.0155. The van der Waals surface area contributed by atoms with Crippen LogP contribution in [0.25, 0.3) is 0 Å². The number of hydrogen-bond donors (Lipinski definition) is 2. The van der Waals surface area contributed by atoms with Gasteiger partial charge in [0, 0.05) is 32.2 Å². The SMILES string of the molecule is CCNC(=O)CCNC1CCOC(C)(CC)C1. The van der Waals surface area contributed by atoms with Crippen molar-refractivity contribution < 1.29 is 9.53 Å². The van der Waals surface area contributed by atoms with Gasteiger partial charge in [0.2, 0.25) is 5.91 Å². The Morgan fingerprint density at radius 2 is 2.24 bits per heavy atom. The summed E-state index contributed by atoms with van der Waals surface area (Å²) in [5.74, 6) is 0.130. The van der Waals surface area contributed by atoms with Crippen LogP contribution in [0.5, 0.6) is 0 Å². The van der Waals surface area contributed by atoms with Crippen molar-refractivity contribution in [2.24, 2.45) is 0 Å². The Kier molecular flexibility index (Phi) is 5.92. The summed E-state index contributed by atoms with van der Waals surface area (Å²) in [6.07, 6.45) is 3.69. The lowest BCUT2D eigenvalue weighted by molar-refractivity contribution is -0.121. The van der Waals surface area contributed by atoms with E-state index in [4.69, 9.17) is 4.74 Å². The molecule has 1 rings (SSSR count). The van der Waals surface area contributed by atoms with Gasteiger partial charge in [-0.2, -0.15) is 0 Å². The van der Waals surface area contributed by atoms with Gasteiger partial charge in [0.25, 0.3) is 0 Å². The molecule has 2 N–H and O–H groups in total. The second kappa shape index (κ2) is 6.97. The second-order valence-electron chi connectivity index (χ2n) is 5.00. The third-order valence-corrected chi connectivity index (χ3v) is 3.50. The number of carbonyl (C=O) groups excluding carboxylic acids is 1. The summed E-state index contributed by atoms with van der Waals surface area (Å²) in [6, 6.07) is 0.489. The molecule has 1 heterocycles. The number of nitrogens with one attached hydrogen (secondary N) is 2. The summed E-state index contributed by atoms with van der Waals surface area (Å²) in [5.41, 5.74) is 0.0155. The highest BCUT2D eigenvalue weighted by molar-refractivity contribution is 5.75. The Balaban J connectivity index is 2.21. The molecule has 0 aliphatic carbocycles. The van der Waals surface area contributed by atoms with Gasteiger partial charge in [0.15, 0.2) is 0 Å². The number of rotatable bonds is 6. The average Bonchev–Trinajstić information content (AvgIpc) is 2.30. The standard InChI is InChI=1S/C13H26N2O2/c1-4-13(3)10-11(7-9-17-13)15-8-6-12(16)14-5-2/h11,15H,4-10H2,1-3H3,(H,14,16). The molecule has 4 heteroatoms. The number of carbonyl (C=O) groups is 1.